The number of piperidine rings is 1. The number of hydrogen-bond donors (Lipinski definition) is 2. The highest BCUT2D eigenvalue weighted by Crippen LogP contribution is 2.29. The van der Waals surface area contributed by atoms with Crippen LogP contribution in [0.5, 0.6) is 0 Å². The molecule has 2 aromatic carbocycles. The van der Waals surface area contributed by atoms with E-state index in [1.807, 2.05) is 0 Å². The fraction of sp³-hybridized carbons (Fsp3) is 0.414. The minimum Gasteiger partial charge on any atom is -0.362 e. The summed E-state index contributed by atoms with van der Waals surface area (Å²) in [5, 5.41) is 7.18. The predicted molar refractivity (Wildman–Crippen MR) is 153 cm³/mol. The van der Waals surface area contributed by atoms with Crippen LogP contribution in [0.4, 0.5) is 17.6 Å². The van der Waals surface area contributed by atoms with Crippen LogP contribution in [0.3, 0.4) is 0 Å². The zero-order chi connectivity index (χ0) is 24.7. The number of benzene rings is 2. The monoisotopic (exact) mass is 500 g/mol. The standard InChI is InChI=1S/C29H36N6S/c1-22-13-17-34(18-14-22)26-20-27(35-19-15-24-11-5-6-12-25(24)21-35)32-28(31-26)33-29(36)30-16-7-10-23-8-3-2-4-9-23/h2-6,8-9,11-12,20,22H,7,10,13-19,21H2,1H3,(H2,30,31,32,33,36). The summed E-state index contributed by atoms with van der Waals surface area (Å²) < 4.78 is 0. The second kappa shape index (κ2) is 11.7. The fourth-order valence-electron chi connectivity index (χ4n) is 5.02. The SMILES string of the molecule is CC1CCN(c2cc(N3CCc4ccccc4C3)nc(NC(=S)NCCCc3ccccc3)n2)CC1. The first-order valence-electron chi connectivity index (χ1n) is 13.2. The zero-order valence-electron chi connectivity index (χ0n) is 21.1. The van der Waals surface area contributed by atoms with Crippen molar-refractivity contribution in [1.29, 1.82) is 0 Å². The highest BCUT2D eigenvalue weighted by molar-refractivity contribution is 7.80. The lowest BCUT2D eigenvalue weighted by Gasteiger charge is -2.33. The highest BCUT2D eigenvalue weighted by atomic mass is 32.1. The van der Waals surface area contributed by atoms with Crippen molar-refractivity contribution in [3.63, 3.8) is 0 Å². The van der Waals surface area contributed by atoms with Gasteiger partial charge in [-0.05, 0) is 66.9 Å². The lowest BCUT2D eigenvalue weighted by atomic mass is 9.99. The van der Waals surface area contributed by atoms with Crippen molar-refractivity contribution < 1.29 is 0 Å². The van der Waals surface area contributed by atoms with Crippen LogP contribution in [-0.2, 0) is 19.4 Å². The van der Waals surface area contributed by atoms with Gasteiger partial charge in [0.05, 0.1) is 0 Å². The van der Waals surface area contributed by atoms with E-state index >= 15 is 0 Å². The van der Waals surface area contributed by atoms with Crippen molar-refractivity contribution in [1.82, 2.24) is 15.3 Å². The van der Waals surface area contributed by atoms with Crippen LogP contribution < -0.4 is 20.4 Å². The first-order chi connectivity index (χ1) is 17.6. The quantitative estimate of drug-likeness (QED) is 0.342. The Morgan fingerprint density at radius 3 is 2.39 bits per heavy atom. The van der Waals surface area contributed by atoms with Crippen molar-refractivity contribution in [2.24, 2.45) is 5.92 Å². The normalized spacial score (nSPS) is 15.9. The molecular formula is C29H36N6S. The number of fused-ring (bicyclic) bond motifs is 1. The van der Waals surface area contributed by atoms with Crippen molar-refractivity contribution >= 4 is 34.9 Å². The van der Waals surface area contributed by atoms with Crippen molar-refractivity contribution in [3.05, 3.63) is 77.4 Å². The third-order valence-corrected chi connectivity index (χ3v) is 7.50. The molecule has 1 saturated heterocycles. The van der Waals surface area contributed by atoms with E-state index in [0.29, 0.717) is 11.1 Å². The van der Waals surface area contributed by atoms with Gasteiger partial charge in [0.2, 0.25) is 5.95 Å². The van der Waals surface area contributed by atoms with E-state index in [1.165, 1.54) is 29.5 Å². The number of aryl methyl sites for hydroxylation is 1. The van der Waals surface area contributed by atoms with Crippen LogP contribution >= 0.6 is 12.2 Å². The molecule has 0 radical (unpaired) electrons. The number of rotatable bonds is 7. The molecule has 0 saturated carbocycles. The first kappa shape index (κ1) is 24.5. The van der Waals surface area contributed by atoms with Crippen LogP contribution in [0.2, 0.25) is 0 Å². The Kier molecular flexibility index (Phi) is 7.96. The molecule has 7 heteroatoms. The van der Waals surface area contributed by atoms with Gasteiger partial charge in [0.15, 0.2) is 5.11 Å². The Morgan fingerprint density at radius 1 is 0.917 bits per heavy atom. The number of aromatic nitrogens is 2. The molecule has 6 nitrogen and oxygen atoms in total. The Morgan fingerprint density at radius 2 is 1.61 bits per heavy atom. The molecule has 188 valence electrons. The maximum atomic E-state index is 5.60. The van der Waals surface area contributed by atoms with E-state index in [0.717, 1.165) is 69.5 Å². The molecule has 3 heterocycles. The van der Waals surface area contributed by atoms with E-state index in [9.17, 15) is 0 Å². The molecule has 0 bridgehead atoms. The summed E-state index contributed by atoms with van der Waals surface area (Å²) in [5.41, 5.74) is 4.16. The minimum absolute atomic E-state index is 0.570. The molecule has 0 atom stereocenters. The average Bonchev–Trinajstić information content (AvgIpc) is 2.91. The van der Waals surface area contributed by atoms with Gasteiger partial charge >= 0.3 is 0 Å². The number of hydrogen-bond acceptors (Lipinski definition) is 5. The lowest BCUT2D eigenvalue weighted by molar-refractivity contribution is 0.436. The summed E-state index contributed by atoms with van der Waals surface area (Å²) in [5.74, 6) is 3.29. The van der Waals surface area contributed by atoms with Crippen LogP contribution in [0.15, 0.2) is 60.7 Å². The first-order valence-corrected chi connectivity index (χ1v) is 13.6. The summed E-state index contributed by atoms with van der Waals surface area (Å²) in [6.45, 7) is 7.02. The van der Waals surface area contributed by atoms with Gasteiger partial charge in [0.1, 0.15) is 11.6 Å². The molecule has 0 unspecified atom stereocenters. The van der Waals surface area contributed by atoms with E-state index in [1.54, 1.807) is 0 Å². The molecular weight excluding hydrogens is 464 g/mol. The maximum Gasteiger partial charge on any atom is 0.232 e. The number of anilines is 3. The van der Waals surface area contributed by atoms with Gasteiger partial charge < -0.3 is 20.4 Å². The van der Waals surface area contributed by atoms with Crippen LogP contribution in [0, 0.1) is 5.92 Å². The molecule has 5 rings (SSSR count). The molecule has 1 fully saturated rings. The summed E-state index contributed by atoms with van der Waals surface area (Å²) in [6, 6.07) is 21.4. The van der Waals surface area contributed by atoms with Gasteiger partial charge in [-0.2, -0.15) is 9.97 Å². The topological polar surface area (TPSA) is 56.3 Å². The number of thiocarbonyl (C=S) groups is 1. The van der Waals surface area contributed by atoms with E-state index in [4.69, 9.17) is 22.2 Å². The second-order valence-corrected chi connectivity index (χ2v) is 10.4. The molecule has 3 aromatic rings. The van der Waals surface area contributed by atoms with Gasteiger partial charge in [0.25, 0.3) is 0 Å². The third-order valence-electron chi connectivity index (χ3n) is 7.26. The van der Waals surface area contributed by atoms with Gasteiger partial charge in [-0.15, -0.1) is 0 Å². The van der Waals surface area contributed by atoms with E-state index in [-0.39, 0.29) is 0 Å². The Labute approximate surface area is 220 Å². The lowest BCUT2D eigenvalue weighted by Crippen LogP contribution is -2.36. The fourth-order valence-corrected chi connectivity index (χ4v) is 5.21. The molecule has 2 aliphatic rings. The zero-order valence-corrected chi connectivity index (χ0v) is 21.9. The van der Waals surface area contributed by atoms with Crippen molar-refractivity contribution in [3.8, 4) is 0 Å². The molecule has 2 N–H and O–H groups in total. The molecule has 0 amide bonds. The number of nitrogens with zero attached hydrogens (tertiary/aromatic N) is 4. The minimum atomic E-state index is 0.570. The Bertz CT molecular complexity index is 1160. The van der Waals surface area contributed by atoms with Gasteiger partial charge in [0, 0.05) is 38.8 Å². The summed E-state index contributed by atoms with van der Waals surface area (Å²) in [7, 11) is 0. The van der Waals surface area contributed by atoms with Crippen LogP contribution in [0.25, 0.3) is 0 Å². The van der Waals surface area contributed by atoms with E-state index in [2.05, 4.69) is 88.0 Å². The molecule has 0 aliphatic carbocycles. The van der Waals surface area contributed by atoms with E-state index < -0.39 is 0 Å². The summed E-state index contributed by atoms with van der Waals surface area (Å²) >= 11 is 5.60. The Balaban J connectivity index is 1.27. The second-order valence-electron chi connectivity index (χ2n) is 9.99. The van der Waals surface area contributed by atoms with Crippen molar-refractivity contribution in [2.45, 2.75) is 45.6 Å². The molecule has 0 spiro atoms. The molecule has 36 heavy (non-hydrogen) atoms. The van der Waals surface area contributed by atoms with Gasteiger partial charge in [-0.3, -0.25) is 0 Å². The Hall–Kier alpha value is -3.19. The largest absolute Gasteiger partial charge is 0.362 e. The summed E-state index contributed by atoms with van der Waals surface area (Å²) in [6.07, 6.45) is 5.45. The molecule has 1 aromatic heterocycles. The van der Waals surface area contributed by atoms with Crippen LogP contribution in [0.1, 0.15) is 42.9 Å². The predicted octanol–water partition coefficient (Wildman–Crippen LogP) is 5.19. The number of nitrogens with one attached hydrogen (secondary N) is 2. The van der Waals surface area contributed by atoms with Gasteiger partial charge in [-0.1, -0.05) is 61.5 Å². The molecule has 2 aliphatic heterocycles. The van der Waals surface area contributed by atoms with Crippen LogP contribution in [-0.4, -0.2) is 41.3 Å². The summed E-state index contributed by atoms with van der Waals surface area (Å²) in [4.78, 5) is 14.5. The van der Waals surface area contributed by atoms with Gasteiger partial charge in [-0.25, -0.2) is 0 Å². The smallest absolute Gasteiger partial charge is 0.232 e. The average molecular weight is 501 g/mol. The maximum absolute atomic E-state index is 5.60. The van der Waals surface area contributed by atoms with Crippen molar-refractivity contribution in [2.75, 3.05) is 41.3 Å². The highest BCUT2D eigenvalue weighted by Gasteiger charge is 2.22. The third kappa shape index (κ3) is 6.32.